The van der Waals surface area contributed by atoms with Gasteiger partial charge in [0.2, 0.25) is 0 Å². The van der Waals surface area contributed by atoms with Crippen LogP contribution >= 0.6 is 0 Å². The van der Waals surface area contributed by atoms with E-state index in [0.717, 1.165) is 45.9 Å². The fraction of sp³-hybridized carbons (Fsp3) is 0.625. The van der Waals surface area contributed by atoms with Gasteiger partial charge in [-0.15, -0.1) is 0 Å². The lowest BCUT2D eigenvalue weighted by molar-refractivity contribution is 0.0489. The van der Waals surface area contributed by atoms with Crippen LogP contribution in [-0.4, -0.2) is 55.2 Å². The maximum atomic E-state index is 12.9. The SMILES string of the molecule is Fc1ccc(CN2CCN(CC3CCCO3)CC2)cc1. The molecule has 0 spiro atoms. The van der Waals surface area contributed by atoms with Gasteiger partial charge in [-0.2, -0.15) is 0 Å². The van der Waals surface area contributed by atoms with Crippen molar-refractivity contribution in [3.8, 4) is 0 Å². The number of piperazine rings is 1. The third kappa shape index (κ3) is 3.78. The first-order chi connectivity index (χ1) is 9.79. The Kier molecular flexibility index (Phi) is 4.65. The van der Waals surface area contributed by atoms with Crippen LogP contribution in [0.3, 0.4) is 0 Å². The van der Waals surface area contributed by atoms with E-state index in [1.807, 2.05) is 12.1 Å². The van der Waals surface area contributed by atoms with Gasteiger partial charge in [0.05, 0.1) is 6.10 Å². The molecule has 2 aliphatic heterocycles. The molecule has 4 heteroatoms. The summed E-state index contributed by atoms with van der Waals surface area (Å²) in [4.78, 5) is 4.95. The van der Waals surface area contributed by atoms with Crippen LogP contribution in [0.4, 0.5) is 4.39 Å². The Bertz CT molecular complexity index is 409. The van der Waals surface area contributed by atoms with Gasteiger partial charge in [-0.3, -0.25) is 9.80 Å². The third-order valence-electron chi connectivity index (χ3n) is 4.27. The van der Waals surface area contributed by atoms with Crippen LogP contribution in [0, 0.1) is 5.82 Å². The lowest BCUT2D eigenvalue weighted by atomic mass is 10.2. The average molecular weight is 278 g/mol. The van der Waals surface area contributed by atoms with E-state index in [9.17, 15) is 4.39 Å². The van der Waals surface area contributed by atoms with E-state index < -0.39 is 0 Å². The molecule has 1 aromatic carbocycles. The van der Waals surface area contributed by atoms with Crippen molar-refractivity contribution in [2.24, 2.45) is 0 Å². The van der Waals surface area contributed by atoms with E-state index in [-0.39, 0.29) is 5.82 Å². The molecule has 2 heterocycles. The van der Waals surface area contributed by atoms with Gasteiger partial charge >= 0.3 is 0 Å². The molecule has 1 unspecified atom stereocenters. The summed E-state index contributed by atoms with van der Waals surface area (Å²) in [5, 5.41) is 0. The second kappa shape index (κ2) is 6.66. The van der Waals surface area contributed by atoms with Gasteiger partial charge in [0.1, 0.15) is 5.82 Å². The molecule has 20 heavy (non-hydrogen) atoms. The second-order valence-electron chi connectivity index (χ2n) is 5.84. The summed E-state index contributed by atoms with van der Waals surface area (Å²) >= 11 is 0. The van der Waals surface area contributed by atoms with E-state index in [1.165, 1.54) is 18.4 Å². The standard InChI is InChI=1S/C16H23FN2O/c17-15-5-3-14(4-6-15)12-18-7-9-19(10-8-18)13-16-2-1-11-20-16/h3-6,16H,1-2,7-13H2. The highest BCUT2D eigenvalue weighted by Gasteiger charge is 2.22. The van der Waals surface area contributed by atoms with Gasteiger partial charge in [0.25, 0.3) is 0 Å². The minimum absolute atomic E-state index is 0.157. The zero-order valence-electron chi connectivity index (χ0n) is 11.9. The van der Waals surface area contributed by atoms with Crippen molar-refractivity contribution in [2.75, 3.05) is 39.3 Å². The van der Waals surface area contributed by atoms with Crippen molar-refractivity contribution in [1.82, 2.24) is 9.80 Å². The Morgan fingerprint density at radius 3 is 2.40 bits per heavy atom. The van der Waals surface area contributed by atoms with Gasteiger partial charge in [0.15, 0.2) is 0 Å². The molecule has 0 N–H and O–H groups in total. The Hall–Kier alpha value is -0.970. The summed E-state index contributed by atoms with van der Waals surface area (Å²) in [6.45, 7) is 7.35. The number of hydrogen-bond acceptors (Lipinski definition) is 3. The highest BCUT2D eigenvalue weighted by molar-refractivity contribution is 5.15. The molecule has 0 bridgehead atoms. The highest BCUT2D eigenvalue weighted by atomic mass is 19.1. The van der Waals surface area contributed by atoms with Crippen molar-refractivity contribution in [2.45, 2.75) is 25.5 Å². The molecular weight excluding hydrogens is 255 g/mol. The Labute approximate surface area is 120 Å². The fourth-order valence-electron chi connectivity index (χ4n) is 3.05. The van der Waals surface area contributed by atoms with Crippen molar-refractivity contribution in [3.63, 3.8) is 0 Å². The first-order valence-electron chi connectivity index (χ1n) is 7.60. The Morgan fingerprint density at radius 1 is 1.05 bits per heavy atom. The number of benzene rings is 1. The summed E-state index contributed by atoms with van der Waals surface area (Å²) in [5.74, 6) is -0.157. The molecule has 0 aliphatic carbocycles. The largest absolute Gasteiger partial charge is 0.377 e. The predicted octanol–water partition coefficient (Wildman–Crippen LogP) is 2.12. The van der Waals surface area contributed by atoms with Crippen LogP contribution < -0.4 is 0 Å². The molecule has 2 saturated heterocycles. The number of hydrogen-bond donors (Lipinski definition) is 0. The molecule has 0 amide bonds. The zero-order chi connectivity index (χ0) is 13.8. The maximum absolute atomic E-state index is 12.9. The van der Waals surface area contributed by atoms with Gasteiger partial charge in [0, 0.05) is 45.9 Å². The molecule has 1 atom stereocenters. The monoisotopic (exact) mass is 278 g/mol. The van der Waals surface area contributed by atoms with E-state index in [1.54, 1.807) is 12.1 Å². The van der Waals surface area contributed by atoms with Crippen LogP contribution in [0.1, 0.15) is 18.4 Å². The smallest absolute Gasteiger partial charge is 0.123 e. The van der Waals surface area contributed by atoms with Crippen molar-refractivity contribution < 1.29 is 9.13 Å². The van der Waals surface area contributed by atoms with Crippen LogP contribution in [0.5, 0.6) is 0 Å². The number of rotatable bonds is 4. The predicted molar refractivity (Wildman–Crippen MR) is 77.1 cm³/mol. The zero-order valence-corrected chi connectivity index (χ0v) is 11.9. The summed E-state index contributed by atoms with van der Waals surface area (Å²) < 4.78 is 18.6. The van der Waals surface area contributed by atoms with Gasteiger partial charge in [-0.05, 0) is 30.5 Å². The first-order valence-corrected chi connectivity index (χ1v) is 7.60. The molecule has 0 radical (unpaired) electrons. The van der Waals surface area contributed by atoms with Crippen molar-refractivity contribution in [3.05, 3.63) is 35.6 Å². The Balaban J connectivity index is 1.42. The van der Waals surface area contributed by atoms with Crippen LogP contribution in [0.15, 0.2) is 24.3 Å². The minimum atomic E-state index is -0.157. The maximum Gasteiger partial charge on any atom is 0.123 e. The van der Waals surface area contributed by atoms with E-state index in [0.29, 0.717) is 6.10 Å². The molecule has 110 valence electrons. The fourth-order valence-corrected chi connectivity index (χ4v) is 3.05. The summed E-state index contributed by atoms with van der Waals surface area (Å²) in [6, 6.07) is 6.86. The molecule has 3 rings (SSSR count). The first kappa shape index (κ1) is 14.0. The number of nitrogens with zero attached hydrogens (tertiary/aromatic N) is 2. The number of ether oxygens (including phenoxy) is 1. The molecule has 0 saturated carbocycles. The molecule has 0 aromatic heterocycles. The summed E-state index contributed by atoms with van der Waals surface area (Å²) in [6.07, 6.45) is 2.89. The topological polar surface area (TPSA) is 15.7 Å². The summed E-state index contributed by atoms with van der Waals surface area (Å²) in [7, 11) is 0. The normalized spacial score (nSPS) is 25.1. The van der Waals surface area contributed by atoms with Gasteiger partial charge in [-0.25, -0.2) is 4.39 Å². The van der Waals surface area contributed by atoms with Crippen LogP contribution in [-0.2, 0) is 11.3 Å². The molecule has 1 aromatic rings. The molecule has 2 aliphatic rings. The number of halogens is 1. The summed E-state index contributed by atoms with van der Waals surface area (Å²) in [5.41, 5.74) is 1.19. The minimum Gasteiger partial charge on any atom is -0.377 e. The average Bonchev–Trinajstić information content (AvgIpc) is 2.96. The van der Waals surface area contributed by atoms with E-state index in [4.69, 9.17) is 4.74 Å². The third-order valence-corrected chi connectivity index (χ3v) is 4.27. The Morgan fingerprint density at radius 2 is 1.75 bits per heavy atom. The van der Waals surface area contributed by atoms with Crippen molar-refractivity contribution in [1.29, 1.82) is 0 Å². The van der Waals surface area contributed by atoms with E-state index in [2.05, 4.69) is 9.80 Å². The van der Waals surface area contributed by atoms with Crippen LogP contribution in [0.25, 0.3) is 0 Å². The molecular formula is C16H23FN2O. The van der Waals surface area contributed by atoms with Gasteiger partial charge < -0.3 is 4.74 Å². The van der Waals surface area contributed by atoms with Gasteiger partial charge in [-0.1, -0.05) is 12.1 Å². The second-order valence-corrected chi connectivity index (χ2v) is 5.84. The lowest BCUT2D eigenvalue weighted by Gasteiger charge is -2.35. The van der Waals surface area contributed by atoms with Crippen LogP contribution in [0.2, 0.25) is 0 Å². The van der Waals surface area contributed by atoms with Crippen molar-refractivity contribution >= 4 is 0 Å². The lowest BCUT2D eigenvalue weighted by Crippen LogP contribution is -2.48. The highest BCUT2D eigenvalue weighted by Crippen LogP contribution is 2.15. The molecule has 3 nitrogen and oxygen atoms in total. The molecule has 2 fully saturated rings. The van der Waals surface area contributed by atoms with E-state index >= 15 is 0 Å². The quantitative estimate of drug-likeness (QED) is 0.839.